The lowest BCUT2D eigenvalue weighted by molar-refractivity contribution is 0.586. The quantitative estimate of drug-likeness (QED) is 0.389. The molecular formula is C5H6N3+. The van der Waals surface area contributed by atoms with Gasteiger partial charge in [0.1, 0.15) is 0 Å². The standard InChI is InChI=1S/C5H6N3/c1-2-7-8-4-3-6-5(1)8/h3-4H,1-2H2/q+1. The van der Waals surface area contributed by atoms with Crippen LogP contribution in [0.2, 0.25) is 0 Å². The first-order chi connectivity index (χ1) is 3.97. The number of amidine groups is 1. The normalized spacial score (nSPS) is 26.2. The molecule has 0 saturated carbocycles. The van der Waals surface area contributed by atoms with Crippen molar-refractivity contribution in [1.82, 2.24) is 10.4 Å². The zero-order chi connectivity index (χ0) is 5.40. The van der Waals surface area contributed by atoms with E-state index in [4.69, 9.17) is 0 Å². The lowest BCUT2D eigenvalue weighted by Gasteiger charge is -1.82. The maximum atomic E-state index is 4.11. The van der Waals surface area contributed by atoms with Gasteiger partial charge in [-0.2, -0.15) is 4.99 Å². The number of hydrogen-bond donors (Lipinski definition) is 0. The summed E-state index contributed by atoms with van der Waals surface area (Å²) in [6, 6.07) is 0. The number of rotatable bonds is 0. The molecule has 3 heteroatoms. The summed E-state index contributed by atoms with van der Waals surface area (Å²) in [5.74, 6) is 1.09. The van der Waals surface area contributed by atoms with Gasteiger partial charge in [-0.25, -0.2) is 0 Å². The smallest absolute Gasteiger partial charge is 0.196 e. The van der Waals surface area contributed by atoms with Crippen LogP contribution in [0.15, 0.2) is 17.4 Å². The third kappa shape index (κ3) is 0.425. The second-order valence-corrected chi connectivity index (χ2v) is 1.80. The molecule has 3 nitrogen and oxygen atoms in total. The highest BCUT2D eigenvalue weighted by molar-refractivity contribution is 5.89. The molecule has 0 aromatic carbocycles. The van der Waals surface area contributed by atoms with Crippen molar-refractivity contribution in [3.05, 3.63) is 12.4 Å². The molecule has 8 heavy (non-hydrogen) atoms. The van der Waals surface area contributed by atoms with Crippen LogP contribution in [-0.2, 0) is 0 Å². The summed E-state index contributed by atoms with van der Waals surface area (Å²) < 4.78 is 0. The Hall–Kier alpha value is -0.670. The van der Waals surface area contributed by atoms with Crippen LogP contribution in [0.25, 0.3) is 0 Å². The van der Waals surface area contributed by atoms with Crippen LogP contribution in [0.5, 0.6) is 0 Å². The summed E-state index contributed by atoms with van der Waals surface area (Å²) in [5.41, 5.74) is 4.11. The second-order valence-electron chi connectivity index (χ2n) is 1.80. The van der Waals surface area contributed by atoms with E-state index < -0.39 is 0 Å². The van der Waals surface area contributed by atoms with Crippen molar-refractivity contribution in [2.75, 3.05) is 6.54 Å². The Morgan fingerprint density at radius 3 is 3.50 bits per heavy atom. The van der Waals surface area contributed by atoms with Crippen LogP contribution in [0, 0.1) is 0 Å². The van der Waals surface area contributed by atoms with Gasteiger partial charge in [0, 0.05) is 10.4 Å². The van der Waals surface area contributed by atoms with Crippen LogP contribution < -0.4 is 10.4 Å². The molecule has 0 unspecified atom stereocenters. The van der Waals surface area contributed by atoms with Gasteiger partial charge in [-0.15, -0.1) is 0 Å². The van der Waals surface area contributed by atoms with Crippen LogP contribution in [0.3, 0.4) is 0 Å². The maximum absolute atomic E-state index is 4.11. The van der Waals surface area contributed by atoms with Gasteiger partial charge in [0.2, 0.25) is 0 Å². The molecule has 2 aliphatic heterocycles. The Labute approximate surface area is 47.7 Å². The van der Waals surface area contributed by atoms with E-state index in [1.807, 2.05) is 11.2 Å². The highest BCUT2D eigenvalue weighted by atomic mass is 15.5. The first-order valence-electron chi connectivity index (χ1n) is 2.67. The van der Waals surface area contributed by atoms with Gasteiger partial charge in [-0.05, 0) is 0 Å². The van der Waals surface area contributed by atoms with Crippen molar-refractivity contribution in [2.45, 2.75) is 6.42 Å². The van der Waals surface area contributed by atoms with Gasteiger partial charge in [0.15, 0.2) is 6.20 Å². The minimum atomic E-state index is 0.906. The fourth-order valence-corrected chi connectivity index (χ4v) is 0.893. The second kappa shape index (κ2) is 1.40. The van der Waals surface area contributed by atoms with Crippen molar-refractivity contribution >= 4 is 5.84 Å². The van der Waals surface area contributed by atoms with E-state index in [1.165, 1.54) is 0 Å². The summed E-state index contributed by atoms with van der Waals surface area (Å²) >= 11 is 0. The largest absolute Gasteiger partial charge is 0.282 e. The van der Waals surface area contributed by atoms with E-state index in [0.717, 1.165) is 18.8 Å². The molecule has 0 spiro atoms. The topological polar surface area (TPSA) is 32.4 Å². The Morgan fingerprint density at radius 1 is 1.62 bits per heavy atom. The van der Waals surface area contributed by atoms with Crippen molar-refractivity contribution in [3.63, 3.8) is 0 Å². The molecule has 2 aliphatic rings. The highest BCUT2D eigenvalue weighted by Crippen LogP contribution is 2.06. The van der Waals surface area contributed by atoms with Gasteiger partial charge in [0.05, 0.1) is 19.2 Å². The van der Waals surface area contributed by atoms with Crippen molar-refractivity contribution in [2.24, 2.45) is 4.99 Å². The van der Waals surface area contributed by atoms with E-state index in [-0.39, 0.29) is 0 Å². The summed E-state index contributed by atoms with van der Waals surface area (Å²) in [7, 11) is 0. The Morgan fingerprint density at radius 2 is 2.62 bits per heavy atom. The van der Waals surface area contributed by atoms with Crippen LogP contribution >= 0.6 is 0 Å². The molecule has 0 aromatic heterocycles. The Balaban J connectivity index is 2.29. The van der Waals surface area contributed by atoms with Crippen LogP contribution in [-0.4, -0.2) is 12.4 Å². The van der Waals surface area contributed by atoms with Gasteiger partial charge in [-0.1, -0.05) is 0 Å². The lowest BCUT2D eigenvalue weighted by Crippen LogP contribution is -2.26. The summed E-state index contributed by atoms with van der Waals surface area (Å²) in [6.45, 7) is 0.906. The van der Waals surface area contributed by atoms with Crippen LogP contribution in [0.1, 0.15) is 6.42 Å². The zero-order valence-corrected chi connectivity index (χ0v) is 4.41. The molecule has 0 bridgehead atoms. The summed E-state index contributed by atoms with van der Waals surface area (Å²) in [6.07, 6.45) is 4.66. The molecular weight excluding hydrogens is 102 g/mol. The SMILES string of the molecule is C1=C[N+]2[N]CCC2=N1. The van der Waals surface area contributed by atoms with E-state index in [1.54, 1.807) is 6.20 Å². The molecule has 2 rings (SSSR count). The molecule has 1 saturated heterocycles. The summed E-state index contributed by atoms with van der Waals surface area (Å²) in [4.78, 5) is 4.07. The van der Waals surface area contributed by atoms with Crippen molar-refractivity contribution in [1.29, 1.82) is 0 Å². The van der Waals surface area contributed by atoms with Gasteiger partial charge >= 0.3 is 0 Å². The minimum Gasteiger partial charge on any atom is -0.196 e. The van der Waals surface area contributed by atoms with Crippen molar-refractivity contribution in [3.8, 4) is 0 Å². The minimum absolute atomic E-state index is 0.906. The predicted octanol–water partition coefficient (Wildman–Crippen LogP) is -0.0671. The first-order valence-corrected chi connectivity index (χ1v) is 2.67. The molecule has 0 aliphatic carbocycles. The molecule has 0 aromatic rings. The maximum Gasteiger partial charge on any atom is 0.282 e. The molecule has 2 radical (unpaired) electrons. The summed E-state index contributed by atoms with van der Waals surface area (Å²) in [5, 5.41) is 1.83. The molecule has 2 heterocycles. The monoisotopic (exact) mass is 108 g/mol. The van der Waals surface area contributed by atoms with E-state index in [0.29, 0.717) is 0 Å². The van der Waals surface area contributed by atoms with Gasteiger partial charge in [0.25, 0.3) is 5.84 Å². The number of aliphatic imine (C=N–C) groups is 1. The molecule has 0 N–H and O–H groups in total. The Bertz CT molecular complexity index is 159. The highest BCUT2D eigenvalue weighted by Gasteiger charge is 2.33. The average molecular weight is 108 g/mol. The van der Waals surface area contributed by atoms with E-state index >= 15 is 0 Å². The lowest BCUT2D eigenvalue weighted by atomic mass is 10.4. The number of fused-ring (bicyclic) bond motifs is 1. The number of hydrogen-bond acceptors (Lipinski definition) is 2. The van der Waals surface area contributed by atoms with Gasteiger partial charge in [-0.3, -0.25) is 0 Å². The van der Waals surface area contributed by atoms with Crippen LogP contribution in [0.4, 0.5) is 0 Å². The van der Waals surface area contributed by atoms with Crippen molar-refractivity contribution < 1.29 is 0 Å². The van der Waals surface area contributed by atoms with Gasteiger partial charge < -0.3 is 0 Å². The zero-order valence-electron chi connectivity index (χ0n) is 4.41. The average Bonchev–Trinajstić information content (AvgIpc) is 2.15. The first kappa shape index (κ1) is 4.23. The number of nitrogens with zero attached hydrogens (tertiary/aromatic N) is 3. The molecule has 40 valence electrons. The fourth-order valence-electron chi connectivity index (χ4n) is 0.893. The fraction of sp³-hybridized carbons (Fsp3) is 0.400. The molecule has 1 fully saturated rings. The third-order valence-corrected chi connectivity index (χ3v) is 1.28. The molecule has 0 amide bonds. The van der Waals surface area contributed by atoms with E-state index in [9.17, 15) is 0 Å². The third-order valence-electron chi connectivity index (χ3n) is 1.28. The predicted molar refractivity (Wildman–Crippen MR) is 30.3 cm³/mol. The van der Waals surface area contributed by atoms with E-state index in [2.05, 4.69) is 10.4 Å². The molecule has 0 atom stereocenters. The Kier molecular flexibility index (Phi) is 0.741.